The Morgan fingerprint density at radius 2 is 2.00 bits per heavy atom. The van der Waals surface area contributed by atoms with Gasteiger partial charge in [0, 0.05) is 5.02 Å². The van der Waals surface area contributed by atoms with Crippen LogP contribution >= 0.6 is 11.6 Å². The molecule has 0 bridgehead atoms. The topological polar surface area (TPSA) is 58.0 Å². The molecule has 0 saturated carbocycles. The van der Waals surface area contributed by atoms with Crippen molar-refractivity contribution in [1.29, 1.82) is 0 Å². The molecule has 0 aliphatic rings. The third kappa shape index (κ3) is 2.00. The van der Waals surface area contributed by atoms with Crippen molar-refractivity contribution in [2.45, 2.75) is 0 Å². The van der Waals surface area contributed by atoms with Gasteiger partial charge in [0.2, 0.25) is 5.95 Å². The summed E-state index contributed by atoms with van der Waals surface area (Å²) in [6.45, 7) is 0. The van der Waals surface area contributed by atoms with Crippen LogP contribution in [0.15, 0.2) is 42.5 Å². The number of benzene rings is 2. The van der Waals surface area contributed by atoms with E-state index in [1.54, 1.807) is 34.8 Å². The van der Waals surface area contributed by atoms with E-state index in [-0.39, 0.29) is 5.82 Å². The Kier molecular flexibility index (Phi) is 2.58. The van der Waals surface area contributed by atoms with E-state index in [1.165, 1.54) is 6.07 Å². The first-order valence-electron chi connectivity index (χ1n) is 6.26. The summed E-state index contributed by atoms with van der Waals surface area (Å²) in [5, 5.41) is 6.55. The summed E-state index contributed by atoms with van der Waals surface area (Å²) in [5.74, 6) is 0.564. The summed E-state index contributed by atoms with van der Waals surface area (Å²) in [5.41, 5.74) is 1.95. The fourth-order valence-electron chi connectivity index (χ4n) is 2.20. The maximum absolute atomic E-state index is 13.6. The van der Waals surface area contributed by atoms with Crippen LogP contribution in [-0.2, 0) is 0 Å². The van der Waals surface area contributed by atoms with E-state index in [0.29, 0.717) is 22.4 Å². The van der Waals surface area contributed by atoms with Crippen molar-refractivity contribution in [1.82, 2.24) is 19.6 Å². The molecule has 0 atom stereocenters. The number of fused-ring (bicyclic) bond motifs is 3. The quantitative estimate of drug-likeness (QED) is 0.593. The van der Waals surface area contributed by atoms with Gasteiger partial charge in [-0.05, 0) is 30.3 Å². The maximum atomic E-state index is 13.6. The molecule has 7 heteroatoms. The summed E-state index contributed by atoms with van der Waals surface area (Å²) in [4.78, 5) is 8.65. The Labute approximate surface area is 123 Å². The number of hydrogen-bond donors (Lipinski definition) is 2. The van der Waals surface area contributed by atoms with E-state index < -0.39 is 0 Å². The first-order valence-corrected chi connectivity index (χ1v) is 6.64. The van der Waals surface area contributed by atoms with Gasteiger partial charge in [-0.2, -0.15) is 4.98 Å². The SMILES string of the molecule is Fc1ccccc1Nc1nc2nc3cc(Cl)ccc3n2[nH]1. The minimum absolute atomic E-state index is 0.344. The lowest BCUT2D eigenvalue weighted by Crippen LogP contribution is -1.96. The summed E-state index contributed by atoms with van der Waals surface area (Å²) >= 11 is 5.94. The minimum atomic E-state index is -0.344. The molecule has 2 aromatic carbocycles. The Balaban J connectivity index is 1.79. The molecule has 4 aromatic rings. The number of halogens is 2. The van der Waals surface area contributed by atoms with Crippen LogP contribution in [-0.4, -0.2) is 19.6 Å². The third-order valence-corrected chi connectivity index (χ3v) is 3.39. The number of rotatable bonds is 2. The van der Waals surface area contributed by atoms with Gasteiger partial charge < -0.3 is 5.32 Å². The average molecular weight is 302 g/mol. The van der Waals surface area contributed by atoms with Crippen LogP contribution in [0.1, 0.15) is 0 Å². The van der Waals surface area contributed by atoms with Gasteiger partial charge in [-0.1, -0.05) is 23.7 Å². The summed E-state index contributed by atoms with van der Waals surface area (Å²) in [7, 11) is 0. The van der Waals surface area contributed by atoms with E-state index >= 15 is 0 Å². The van der Waals surface area contributed by atoms with Crippen LogP contribution in [0.5, 0.6) is 0 Å². The highest BCUT2D eigenvalue weighted by Crippen LogP contribution is 2.22. The van der Waals surface area contributed by atoms with E-state index in [2.05, 4.69) is 20.4 Å². The smallest absolute Gasteiger partial charge is 0.253 e. The van der Waals surface area contributed by atoms with E-state index in [1.807, 2.05) is 6.07 Å². The highest BCUT2D eigenvalue weighted by Gasteiger charge is 2.11. The molecule has 104 valence electrons. The second kappa shape index (κ2) is 4.46. The normalized spacial score (nSPS) is 11.3. The lowest BCUT2D eigenvalue weighted by molar-refractivity contribution is 0.631. The summed E-state index contributed by atoms with van der Waals surface area (Å²) in [6, 6.07) is 11.8. The standard InChI is InChI=1S/C14H9ClFN5/c15-8-5-6-12-11(7-8)18-14-19-13(20-21(12)14)17-10-4-2-1-3-9(10)16/h1-7H,(H2,17,18,19,20). The van der Waals surface area contributed by atoms with Gasteiger partial charge in [0.25, 0.3) is 5.78 Å². The van der Waals surface area contributed by atoms with E-state index in [0.717, 1.165) is 11.0 Å². The fraction of sp³-hybridized carbons (Fsp3) is 0. The van der Waals surface area contributed by atoms with Gasteiger partial charge in [0.1, 0.15) is 5.82 Å². The molecule has 0 saturated heterocycles. The van der Waals surface area contributed by atoms with E-state index in [4.69, 9.17) is 11.6 Å². The molecule has 0 aliphatic carbocycles. The van der Waals surface area contributed by atoms with Crippen LogP contribution in [0, 0.1) is 5.82 Å². The molecule has 0 spiro atoms. The molecule has 0 unspecified atom stereocenters. The number of aromatic nitrogens is 4. The molecule has 0 radical (unpaired) electrons. The number of H-pyrrole nitrogens is 1. The van der Waals surface area contributed by atoms with E-state index in [9.17, 15) is 4.39 Å². The van der Waals surface area contributed by atoms with Crippen molar-refractivity contribution < 1.29 is 4.39 Å². The zero-order chi connectivity index (χ0) is 14.4. The van der Waals surface area contributed by atoms with Crippen LogP contribution in [0.2, 0.25) is 5.02 Å². The van der Waals surface area contributed by atoms with Crippen LogP contribution in [0.3, 0.4) is 0 Å². The Morgan fingerprint density at radius 1 is 1.14 bits per heavy atom. The predicted octanol–water partition coefficient (Wildman–Crippen LogP) is 3.75. The van der Waals surface area contributed by atoms with Crippen molar-refractivity contribution in [2.24, 2.45) is 0 Å². The molecule has 5 nitrogen and oxygen atoms in total. The van der Waals surface area contributed by atoms with Crippen molar-refractivity contribution >= 4 is 40.0 Å². The number of nitrogens with one attached hydrogen (secondary N) is 2. The molecule has 2 aromatic heterocycles. The molecule has 0 fully saturated rings. The molecule has 0 aliphatic heterocycles. The Morgan fingerprint density at radius 3 is 2.86 bits per heavy atom. The highest BCUT2D eigenvalue weighted by molar-refractivity contribution is 6.31. The number of para-hydroxylation sites is 1. The lowest BCUT2D eigenvalue weighted by atomic mass is 10.3. The molecular formula is C14H9ClFN5. The monoisotopic (exact) mass is 301 g/mol. The average Bonchev–Trinajstić information content (AvgIpc) is 2.97. The number of nitrogens with zero attached hydrogens (tertiary/aromatic N) is 3. The van der Waals surface area contributed by atoms with Gasteiger partial charge in [-0.15, -0.1) is 0 Å². The van der Waals surface area contributed by atoms with Crippen molar-refractivity contribution in [3.05, 3.63) is 53.3 Å². The van der Waals surface area contributed by atoms with Gasteiger partial charge in [0.15, 0.2) is 0 Å². The van der Waals surface area contributed by atoms with Gasteiger partial charge in [-0.25, -0.2) is 13.9 Å². The number of aromatic amines is 1. The van der Waals surface area contributed by atoms with Gasteiger partial charge in [0.05, 0.1) is 16.7 Å². The fourth-order valence-corrected chi connectivity index (χ4v) is 2.37. The predicted molar refractivity (Wildman–Crippen MR) is 79.5 cm³/mol. The van der Waals surface area contributed by atoms with Crippen LogP contribution in [0.25, 0.3) is 16.8 Å². The summed E-state index contributed by atoms with van der Waals surface area (Å²) < 4.78 is 15.3. The second-order valence-corrected chi connectivity index (χ2v) is 4.99. The first kappa shape index (κ1) is 12.2. The molecule has 21 heavy (non-hydrogen) atoms. The van der Waals surface area contributed by atoms with Crippen LogP contribution < -0.4 is 5.32 Å². The third-order valence-electron chi connectivity index (χ3n) is 3.16. The largest absolute Gasteiger partial charge is 0.322 e. The minimum Gasteiger partial charge on any atom is -0.322 e. The molecule has 0 amide bonds. The Hall–Kier alpha value is -2.60. The van der Waals surface area contributed by atoms with Gasteiger partial charge in [-0.3, -0.25) is 5.10 Å². The van der Waals surface area contributed by atoms with Crippen molar-refractivity contribution in [3.63, 3.8) is 0 Å². The number of anilines is 2. The maximum Gasteiger partial charge on any atom is 0.253 e. The molecule has 2 heterocycles. The van der Waals surface area contributed by atoms with Crippen molar-refractivity contribution in [3.8, 4) is 0 Å². The van der Waals surface area contributed by atoms with Gasteiger partial charge >= 0.3 is 0 Å². The first-order chi connectivity index (χ1) is 10.2. The second-order valence-electron chi connectivity index (χ2n) is 4.56. The lowest BCUT2D eigenvalue weighted by Gasteiger charge is -2.02. The zero-order valence-electron chi connectivity index (χ0n) is 10.6. The highest BCUT2D eigenvalue weighted by atomic mass is 35.5. The number of hydrogen-bond acceptors (Lipinski definition) is 3. The molecular weight excluding hydrogens is 293 g/mol. The van der Waals surface area contributed by atoms with Crippen LogP contribution in [0.4, 0.5) is 16.0 Å². The van der Waals surface area contributed by atoms with Crippen molar-refractivity contribution in [2.75, 3.05) is 5.32 Å². The number of imidazole rings is 1. The zero-order valence-corrected chi connectivity index (χ0v) is 11.4. The molecule has 2 N–H and O–H groups in total. The molecule has 4 rings (SSSR count). The Bertz CT molecular complexity index is 958. The summed E-state index contributed by atoms with van der Waals surface area (Å²) in [6.07, 6.45) is 0.